The summed E-state index contributed by atoms with van der Waals surface area (Å²) in [6, 6.07) is 2.45. The van der Waals surface area contributed by atoms with Crippen molar-refractivity contribution in [2.24, 2.45) is 0 Å². The SMILES string of the molecule is CC(=O)c1cc(C(C)=O)c(NC=O)cc1O. The Balaban J connectivity index is 3.42. The van der Waals surface area contributed by atoms with E-state index in [-0.39, 0.29) is 34.1 Å². The molecule has 0 heterocycles. The lowest BCUT2D eigenvalue weighted by Crippen LogP contribution is -2.05. The zero-order valence-electron chi connectivity index (χ0n) is 8.90. The van der Waals surface area contributed by atoms with Crippen molar-refractivity contribution < 1.29 is 19.5 Å². The zero-order valence-corrected chi connectivity index (χ0v) is 8.90. The van der Waals surface area contributed by atoms with Gasteiger partial charge in [-0.15, -0.1) is 0 Å². The van der Waals surface area contributed by atoms with E-state index in [1.807, 2.05) is 0 Å². The van der Waals surface area contributed by atoms with Gasteiger partial charge in [-0.2, -0.15) is 0 Å². The Hall–Kier alpha value is -2.17. The summed E-state index contributed by atoms with van der Waals surface area (Å²) in [7, 11) is 0. The maximum Gasteiger partial charge on any atom is 0.211 e. The summed E-state index contributed by atoms with van der Waals surface area (Å²) in [6.45, 7) is 2.60. The van der Waals surface area contributed by atoms with Gasteiger partial charge in [0.05, 0.1) is 11.3 Å². The van der Waals surface area contributed by atoms with Crippen molar-refractivity contribution >= 4 is 23.7 Å². The van der Waals surface area contributed by atoms with Gasteiger partial charge < -0.3 is 10.4 Å². The molecule has 0 bridgehead atoms. The summed E-state index contributed by atoms with van der Waals surface area (Å²) >= 11 is 0. The largest absolute Gasteiger partial charge is 0.507 e. The van der Waals surface area contributed by atoms with E-state index in [9.17, 15) is 19.5 Å². The molecule has 2 N–H and O–H groups in total. The fourth-order valence-corrected chi connectivity index (χ4v) is 1.34. The van der Waals surface area contributed by atoms with Crippen molar-refractivity contribution in [2.45, 2.75) is 13.8 Å². The number of ketones is 2. The Bertz CT molecular complexity index is 465. The van der Waals surface area contributed by atoms with Crippen LogP contribution in [0.5, 0.6) is 5.75 Å². The molecule has 0 aliphatic carbocycles. The Morgan fingerprint density at radius 1 is 1.19 bits per heavy atom. The van der Waals surface area contributed by atoms with Gasteiger partial charge in [-0.25, -0.2) is 0 Å². The normalized spacial score (nSPS) is 9.62. The van der Waals surface area contributed by atoms with Crippen molar-refractivity contribution in [1.29, 1.82) is 0 Å². The zero-order chi connectivity index (χ0) is 12.3. The van der Waals surface area contributed by atoms with Gasteiger partial charge in [-0.1, -0.05) is 0 Å². The molecule has 0 aromatic heterocycles. The molecule has 0 fully saturated rings. The maximum absolute atomic E-state index is 11.3. The second-order valence-corrected chi connectivity index (χ2v) is 3.29. The molecule has 1 rings (SSSR count). The molecule has 5 heteroatoms. The lowest BCUT2D eigenvalue weighted by Gasteiger charge is -2.09. The number of nitrogens with one attached hydrogen (secondary N) is 1. The van der Waals surface area contributed by atoms with Gasteiger partial charge in [0.25, 0.3) is 0 Å². The summed E-state index contributed by atoms with van der Waals surface area (Å²) < 4.78 is 0. The topological polar surface area (TPSA) is 83.5 Å². The molecule has 5 nitrogen and oxygen atoms in total. The van der Waals surface area contributed by atoms with E-state index >= 15 is 0 Å². The summed E-state index contributed by atoms with van der Waals surface area (Å²) in [5.41, 5.74) is 0.432. The van der Waals surface area contributed by atoms with Crippen LogP contribution in [0.1, 0.15) is 34.6 Å². The first kappa shape index (κ1) is 11.9. The summed E-state index contributed by atoms with van der Waals surface area (Å²) in [5, 5.41) is 11.8. The highest BCUT2D eigenvalue weighted by Gasteiger charge is 2.14. The number of carbonyl (C=O) groups excluding carboxylic acids is 3. The van der Waals surface area contributed by atoms with Crippen LogP contribution >= 0.6 is 0 Å². The number of phenolic OH excluding ortho intramolecular Hbond substituents is 1. The van der Waals surface area contributed by atoms with E-state index in [1.54, 1.807) is 0 Å². The molecule has 16 heavy (non-hydrogen) atoms. The Morgan fingerprint density at radius 2 is 1.75 bits per heavy atom. The fourth-order valence-electron chi connectivity index (χ4n) is 1.34. The minimum Gasteiger partial charge on any atom is -0.507 e. The van der Waals surface area contributed by atoms with Crippen LogP contribution in [0, 0.1) is 0 Å². The first-order valence-corrected chi connectivity index (χ1v) is 4.56. The van der Waals surface area contributed by atoms with Crippen LogP contribution in [0.4, 0.5) is 5.69 Å². The van der Waals surface area contributed by atoms with Gasteiger partial charge in [0.1, 0.15) is 5.75 Å². The molecule has 0 aliphatic heterocycles. The monoisotopic (exact) mass is 221 g/mol. The van der Waals surface area contributed by atoms with Crippen LogP contribution in [0.25, 0.3) is 0 Å². The van der Waals surface area contributed by atoms with Gasteiger partial charge in [0.2, 0.25) is 6.41 Å². The van der Waals surface area contributed by atoms with Crippen LogP contribution in [-0.2, 0) is 4.79 Å². The van der Waals surface area contributed by atoms with Crippen molar-refractivity contribution in [1.82, 2.24) is 0 Å². The number of amides is 1. The first-order valence-electron chi connectivity index (χ1n) is 4.56. The van der Waals surface area contributed by atoms with Crippen LogP contribution in [0.2, 0.25) is 0 Å². The number of Topliss-reactive ketones (excluding diaryl/α,β-unsaturated/α-hetero) is 2. The first-order chi connectivity index (χ1) is 7.47. The predicted octanol–water partition coefficient (Wildman–Crippen LogP) is 1.37. The van der Waals surface area contributed by atoms with E-state index in [1.165, 1.54) is 26.0 Å². The van der Waals surface area contributed by atoms with E-state index in [0.29, 0.717) is 6.41 Å². The standard InChI is InChI=1S/C11H11NO4/c1-6(14)8-3-9(7(2)15)11(16)4-10(8)12-5-13/h3-5,16H,1-2H3,(H,12,13). The quantitative estimate of drug-likeness (QED) is 0.594. The fraction of sp³-hybridized carbons (Fsp3) is 0.182. The molecule has 0 aliphatic rings. The summed E-state index contributed by atoms with van der Waals surface area (Å²) in [4.78, 5) is 32.7. The summed E-state index contributed by atoms with van der Waals surface area (Å²) in [6.07, 6.45) is 0.397. The number of aromatic hydroxyl groups is 1. The second-order valence-electron chi connectivity index (χ2n) is 3.29. The molecule has 0 atom stereocenters. The average Bonchev–Trinajstić information content (AvgIpc) is 2.17. The number of benzene rings is 1. The third kappa shape index (κ3) is 2.25. The maximum atomic E-state index is 11.3. The second kappa shape index (κ2) is 4.57. The Kier molecular flexibility index (Phi) is 3.40. The number of carbonyl (C=O) groups is 3. The molecule has 1 aromatic rings. The van der Waals surface area contributed by atoms with Crippen molar-refractivity contribution in [3.63, 3.8) is 0 Å². The Morgan fingerprint density at radius 3 is 2.19 bits per heavy atom. The van der Waals surface area contributed by atoms with Crippen molar-refractivity contribution in [3.05, 3.63) is 23.3 Å². The van der Waals surface area contributed by atoms with Gasteiger partial charge in [-0.05, 0) is 19.9 Å². The van der Waals surface area contributed by atoms with Crippen LogP contribution < -0.4 is 5.32 Å². The number of phenols is 1. The van der Waals surface area contributed by atoms with E-state index < -0.39 is 0 Å². The highest BCUT2D eigenvalue weighted by atomic mass is 16.3. The van der Waals surface area contributed by atoms with Crippen molar-refractivity contribution in [3.8, 4) is 5.75 Å². The number of hydrogen-bond donors (Lipinski definition) is 2. The van der Waals surface area contributed by atoms with Crippen LogP contribution in [0.3, 0.4) is 0 Å². The molecule has 0 unspecified atom stereocenters. The molecule has 0 saturated carbocycles. The third-order valence-electron chi connectivity index (χ3n) is 2.11. The minimum atomic E-state index is -0.349. The lowest BCUT2D eigenvalue weighted by atomic mass is 10.0. The highest BCUT2D eigenvalue weighted by Crippen LogP contribution is 2.27. The van der Waals surface area contributed by atoms with Crippen molar-refractivity contribution in [2.75, 3.05) is 5.32 Å². The molecule has 1 aromatic carbocycles. The average molecular weight is 221 g/mol. The number of rotatable bonds is 4. The van der Waals surface area contributed by atoms with Gasteiger partial charge >= 0.3 is 0 Å². The molecule has 0 radical (unpaired) electrons. The third-order valence-corrected chi connectivity index (χ3v) is 2.11. The van der Waals surface area contributed by atoms with Gasteiger partial charge in [0.15, 0.2) is 11.6 Å². The van der Waals surface area contributed by atoms with Crippen LogP contribution in [0.15, 0.2) is 12.1 Å². The highest BCUT2D eigenvalue weighted by molar-refractivity contribution is 6.06. The van der Waals surface area contributed by atoms with Gasteiger partial charge in [-0.3, -0.25) is 14.4 Å². The van der Waals surface area contributed by atoms with Crippen LogP contribution in [-0.4, -0.2) is 23.1 Å². The van der Waals surface area contributed by atoms with E-state index in [4.69, 9.17) is 0 Å². The molecule has 0 spiro atoms. The number of hydrogen-bond acceptors (Lipinski definition) is 4. The summed E-state index contributed by atoms with van der Waals surface area (Å²) in [5.74, 6) is -0.911. The van der Waals surface area contributed by atoms with Gasteiger partial charge in [0, 0.05) is 11.6 Å². The van der Waals surface area contributed by atoms with E-state index in [2.05, 4.69) is 5.32 Å². The molecule has 1 amide bonds. The minimum absolute atomic E-state index is 0.0571. The molecule has 0 saturated heterocycles. The molecular formula is C11H11NO4. The van der Waals surface area contributed by atoms with E-state index in [0.717, 1.165) is 0 Å². The molecular weight excluding hydrogens is 210 g/mol. The predicted molar refractivity (Wildman–Crippen MR) is 57.8 cm³/mol. The smallest absolute Gasteiger partial charge is 0.211 e. The molecule has 84 valence electrons. The lowest BCUT2D eigenvalue weighted by molar-refractivity contribution is -0.105. The number of anilines is 1. The Labute approximate surface area is 92.1 Å².